The van der Waals surface area contributed by atoms with Crippen molar-refractivity contribution in [3.63, 3.8) is 0 Å². The van der Waals surface area contributed by atoms with Crippen molar-refractivity contribution in [2.45, 2.75) is 25.8 Å². The predicted molar refractivity (Wildman–Crippen MR) is 67.4 cm³/mol. The van der Waals surface area contributed by atoms with Gasteiger partial charge in [-0.15, -0.1) is 0 Å². The molecule has 6 nitrogen and oxygen atoms in total. The van der Waals surface area contributed by atoms with E-state index in [2.05, 4.69) is 17.0 Å². The van der Waals surface area contributed by atoms with Crippen molar-refractivity contribution in [2.75, 3.05) is 40.5 Å². The Morgan fingerprint density at radius 2 is 1.94 bits per heavy atom. The lowest BCUT2D eigenvalue weighted by atomic mass is 10.2. The maximum Gasteiger partial charge on any atom is 0.140 e. The van der Waals surface area contributed by atoms with Gasteiger partial charge in [-0.3, -0.25) is 4.90 Å². The molecule has 0 aromatic rings. The van der Waals surface area contributed by atoms with Crippen LogP contribution >= 0.6 is 0 Å². The van der Waals surface area contributed by atoms with Gasteiger partial charge in [0, 0.05) is 46.4 Å². The van der Waals surface area contributed by atoms with Gasteiger partial charge >= 0.3 is 0 Å². The summed E-state index contributed by atoms with van der Waals surface area (Å²) in [6.07, 6.45) is 1.51. The summed E-state index contributed by atoms with van der Waals surface area (Å²) in [6.45, 7) is 5.13. The lowest BCUT2D eigenvalue weighted by Crippen LogP contribution is -2.38. The van der Waals surface area contributed by atoms with Crippen LogP contribution in [-0.2, 0) is 9.47 Å². The normalized spacial score (nSPS) is 14.2. The van der Waals surface area contributed by atoms with Gasteiger partial charge < -0.3 is 20.4 Å². The summed E-state index contributed by atoms with van der Waals surface area (Å²) in [5.41, 5.74) is 5.47. The Bertz CT molecular complexity index is 212. The molecule has 0 saturated carbocycles. The molecule has 0 spiro atoms. The maximum absolute atomic E-state index is 8.50. The third-order valence-electron chi connectivity index (χ3n) is 2.73. The van der Waals surface area contributed by atoms with Crippen LogP contribution in [0, 0.1) is 0 Å². The molecule has 0 bridgehead atoms. The van der Waals surface area contributed by atoms with Gasteiger partial charge in [0.05, 0.1) is 6.61 Å². The van der Waals surface area contributed by atoms with Crippen molar-refractivity contribution in [3.05, 3.63) is 0 Å². The van der Waals surface area contributed by atoms with E-state index in [1.165, 1.54) is 0 Å². The minimum absolute atomic E-state index is 0.256. The van der Waals surface area contributed by atoms with Gasteiger partial charge in [0.1, 0.15) is 5.84 Å². The van der Waals surface area contributed by atoms with Gasteiger partial charge in [-0.2, -0.15) is 0 Å². The first-order valence-electron chi connectivity index (χ1n) is 5.84. The smallest absolute Gasteiger partial charge is 0.140 e. The summed E-state index contributed by atoms with van der Waals surface area (Å²) >= 11 is 0. The topological polar surface area (TPSA) is 80.3 Å². The number of hydrogen-bond acceptors (Lipinski definition) is 5. The highest BCUT2D eigenvalue weighted by Gasteiger charge is 2.13. The Morgan fingerprint density at radius 1 is 1.29 bits per heavy atom. The molecular weight excluding hydrogens is 222 g/mol. The third kappa shape index (κ3) is 7.95. The predicted octanol–water partition coefficient (Wildman–Crippen LogP) is 0.496. The molecule has 17 heavy (non-hydrogen) atoms. The molecule has 0 aromatic carbocycles. The molecule has 0 aliphatic carbocycles. The van der Waals surface area contributed by atoms with Crippen LogP contribution in [0.2, 0.25) is 0 Å². The van der Waals surface area contributed by atoms with Gasteiger partial charge in [0.2, 0.25) is 0 Å². The van der Waals surface area contributed by atoms with Crippen LogP contribution in [0.5, 0.6) is 0 Å². The van der Waals surface area contributed by atoms with Gasteiger partial charge in [0.25, 0.3) is 0 Å². The summed E-state index contributed by atoms with van der Waals surface area (Å²) in [5.74, 6) is 0.256. The second kappa shape index (κ2) is 10.3. The fraction of sp³-hybridized carbons (Fsp3) is 0.909. The van der Waals surface area contributed by atoms with Gasteiger partial charge in [0.15, 0.2) is 0 Å². The molecule has 0 amide bonds. The summed E-state index contributed by atoms with van der Waals surface area (Å²) in [5, 5.41) is 11.5. The van der Waals surface area contributed by atoms with Crippen molar-refractivity contribution >= 4 is 5.84 Å². The van der Waals surface area contributed by atoms with Crippen LogP contribution in [0.3, 0.4) is 0 Å². The zero-order valence-electron chi connectivity index (χ0n) is 11.1. The molecule has 0 rings (SSSR count). The second-order valence-corrected chi connectivity index (χ2v) is 4.00. The Morgan fingerprint density at radius 3 is 2.47 bits per heavy atom. The fourth-order valence-electron chi connectivity index (χ4n) is 1.54. The second-order valence-electron chi connectivity index (χ2n) is 4.00. The molecule has 102 valence electrons. The number of methoxy groups -OCH3 is 2. The van der Waals surface area contributed by atoms with Crippen LogP contribution in [-0.4, -0.2) is 62.5 Å². The summed E-state index contributed by atoms with van der Waals surface area (Å²) < 4.78 is 10.1. The lowest BCUT2D eigenvalue weighted by molar-refractivity contribution is 0.104. The molecular formula is C11H25N3O3. The first kappa shape index (κ1) is 16.1. The summed E-state index contributed by atoms with van der Waals surface area (Å²) in [4.78, 5) is 2.25. The number of rotatable bonds is 10. The minimum Gasteiger partial charge on any atom is -0.409 e. The van der Waals surface area contributed by atoms with E-state index >= 15 is 0 Å². The van der Waals surface area contributed by atoms with E-state index < -0.39 is 0 Å². The molecule has 0 heterocycles. The molecule has 0 aliphatic rings. The van der Waals surface area contributed by atoms with Crippen molar-refractivity contribution in [3.8, 4) is 0 Å². The Labute approximate surface area is 103 Å². The Hall–Kier alpha value is -0.850. The molecule has 0 saturated heterocycles. The first-order chi connectivity index (χ1) is 8.15. The van der Waals surface area contributed by atoms with Gasteiger partial charge in [-0.1, -0.05) is 5.16 Å². The summed E-state index contributed by atoms with van der Waals surface area (Å²) in [6, 6.07) is 0.386. The average Bonchev–Trinajstić information content (AvgIpc) is 2.35. The standard InChI is InChI=1S/C11H25N3O3/c1-10(5-8-16-2)14(7-9-17-3)6-4-11(12)13-15/h10,15H,4-9H2,1-3H3,(H2,12,13). The van der Waals surface area contributed by atoms with Crippen LogP contribution < -0.4 is 5.73 Å². The molecule has 0 aromatic heterocycles. The van der Waals surface area contributed by atoms with E-state index in [0.717, 1.165) is 26.1 Å². The summed E-state index contributed by atoms with van der Waals surface area (Å²) in [7, 11) is 3.38. The monoisotopic (exact) mass is 247 g/mol. The lowest BCUT2D eigenvalue weighted by Gasteiger charge is -2.28. The number of hydrogen-bond donors (Lipinski definition) is 2. The number of oxime groups is 1. The fourth-order valence-corrected chi connectivity index (χ4v) is 1.54. The van der Waals surface area contributed by atoms with E-state index in [1.807, 2.05) is 0 Å². The van der Waals surface area contributed by atoms with E-state index in [0.29, 0.717) is 19.1 Å². The van der Waals surface area contributed by atoms with Gasteiger partial charge in [-0.25, -0.2) is 0 Å². The van der Waals surface area contributed by atoms with Crippen LogP contribution in [0.25, 0.3) is 0 Å². The SMILES string of the molecule is COCCC(C)N(CCOC)CCC(N)=NO. The van der Waals surface area contributed by atoms with Crippen LogP contribution in [0.15, 0.2) is 5.16 Å². The first-order valence-corrected chi connectivity index (χ1v) is 5.84. The van der Waals surface area contributed by atoms with E-state index in [4.69, 9.17) is 20.4 Å². The van der Waals surface area contributed by atoms with Crippen molar-refractivity contribution < 1.29 is 14.7 Å². The minimum atomic E-state index is 0.256. The highest BCUT2D eigenvalue weighted by molar-refractivity contribution is 5.79. The largest absolute Gasteiger partial charge is 0.409 e. The number of nitrogens with two attached hydrogens (primary N) is 1. The molecule has 0 radical (unpaired) electrons. The van der Waals surface area contributed by atoms with Gasteiger partial charge in [-0.05, 0) is 13.3 Å². The highest BCUT2D eigenvalue weighted by Crippen LogP contribution is 2.05. The Balaban J connectivity index is 4.10. The number of ether oxygens (including phenoxy) is 2. The van der Waals surface area contributed by atoms with E-state index in [9.17, 15) is 0 Å². The third-order valence-corrected chi connectivity index (χ3v) is 2.73. The van der Waals surface area contributed by atoms with E-state index in [-0.39, 0.29) is 5.84 Å². The van der Waals surface area contributed by atoms with Crippen molar-refractivity contribution in [1.82, 2.24) is 4.90 Å². The molecule has 6 heteroatoms. The maximum atomic E-state index is 8.50. The van der Waals surface area contributed by atoms with E-state index in [1.54, 1.807) is 14.2 Å². The van der Waals surface area contributed by atoms with Crippen LogP contribution in [0.1, 0.15) is 19.8 Å². The quantitative estimate of drug-likeness (QED) is 0.254. The molecule has 3 N–H and O–H groups in total. The Kier molecular flexibility index (Phi) is 9.80. The van der Waals surface area contributed by atoms with Crippen LogP contribution in [0.4, 0.5) is 0 Å². The number of amidine groups is 1. The molecule has 0 fully saturated rings. The highest BCUT2D eigenvalue weighted by atomic mass is 16.5. The van der Waals surface area contributed by atoms with Crippen molar-refractivity contribution in [2.24, 2.45) is 10.9 Å². The zero-order chi connectivity index (χ0) is 13.1. The zero-order valence-corrected chi connectivity index (χ0v) is 11.1. The number of nitrogens with zero attached hydrogens (tertiary/aromatic N) is 2. The van der Waals surface area contributed by atoms with Crippen molar-refractivity contribution in [1.29, 1.82) is 0 Å². The molecule has 0 aliphatic heterocycles. The molecule has 1 unspecified atom stereocenters. The molecule has 1 atom stereocenters. The average molecular weight is 247 g/mol.